The second-order valence-electron chi connectivity index (χ2n) is 6.20. The standard InChI is InChI=1S/C19H24N2O4/c1-3-5-9-21-15-8-12-25-17(15)13-16(21)18(22)20-10-6-14(7-11-20)19(23)24-4-2/h3,5,8,12-14H,4,6-7,9-11H2,1-2H3/b5-3-. The number of amides is 1. The summed E-state index contributed by atoms with van der Waals surface area (Å²) in [5.74, 6) is -0.267. The Balaban J connectivity index is 1.74. The second-order valence-corrected chi connectivity index (χ2v) is 6.20. The second kappa shape index (κ2) is 7.59. The van der Waals surface area contributed by atoms with Crippen LogP contribution in [0.4, 0.5) is 0 Å². The minimum Gasteiger partial charge on any atom is -0.466 e. The van der Waals surface area contributed by atoms with Gasteiger partial charge >= 0.3 is 5.97 Å². The number of rotatable bonds is 5. The van der Waals surface area contributed by atoms with Crippen LogP contribution >= 0.6 is 0 Å². The maximum absolute atomic E-state index is 13.0. The summed E-state index contributed by atoms with van der Waals surface area (Å²) in [5.41, 5.74) is 2.26. The fraction of sp³-hybridized carbons (Fsp3) is 0.474. The minimum absolute atomic E-state index is 0.0155. The van der Waals surface area contributed by atoms with Crippen molar-refractivity contribution in [2.45, 2.75) is 33.2 Å². The van der Waals surface area contributed by atoms with Crippen LogP contribution in [-0.2, 0) is 16.1 Å². The van der Waals surface area contributed by atoms with Gasteiger partial charge in [0.2, 0.25) is 0 Å². The highest BCUT2D eigenvalue weighted by molar-refractivity contribution is 5.97. The molecule has 0 unspecified atom stereocenters. The summed E-state index contributed by atoms with van der Waals surface area (Å²) in [6.07, 6.45) is 6.91. The Morgan fingerprint density at radius 1 is 1.36 bits per heavy atom. The average Bonchev–Trinajstić information content (AvgIpc) is 3.21. The lowest BCUT2D eigenvalue weighted by Gasteiger charge is -2.31. The van der Waals surface area contributed by atoms with Crippen LogP contribution in [0.25, 0.3) is 11.1 Å². The summed E-state index contributed by atoms with van der Waals surface area (Å²) in [4.78, 5) is 26.6. The molecule has 0 atom stereocenters. The largest absolute Gasteiger partial charge is 0.466 e. The first-order valence-electron chi connectivity index (χ1n) is 8.79. The molecular weight excluding hydrogens is 320 g/mol. The lowest BCUT2D eigenvalue weighted by atomic mass is 9.97. The summed E-state index contributed by atoms with van der Waals surface area (Å²) in [6, 6.07) is 3.68. The molecule has 0 spiro atoms. The number of nitrogens with zero attached hydrogens (tertiary/aromatic N) is 2. The van der Waals surface area contributed by atoms with Crippen LogP contribution in [0, 0.1) is 5.92 Å². The van der Waals surface area contributed by atoms with E-state index in [1.54, 1.807) is 12.3 Å². The molecule has 0 saturated carbocycles. The molecule has 0 aliphatic carbocycles. The molecule has 1 aliphatic heterocycles. The number of furan rings is 1. The van der Waals surface area contributed by atoms with Gasteiger partial charge in [-0.05, 0) is 26.7 Å². The number of aromatic nitrogens is 1. The van der Waals surface area contributed by atoms with E-state index in [-0.39, 0.29) is 17.8 Å². The van der Waals surface area contributed by atoms with E-state index in [2.05, 4.69) is 0 Å². The van der Waals surface area contributed by atoms with E-state index in [4.69, 9.17) is 9.15 Å². The van der Waals surface area contributed by atoms with Gasteiger partial charge in [-0.1, -0.05) is 12.2 Å². The van der Waals surface area contributed by atoms with Gasteiger partial charge in [0.05, 0.1) is 24.3 Å². The Kier molecular flexibility index (Phi) is 5.26. The van der Waals surface area contributed by atoms with Gasteiger partial charge in [-0.3, -0.25) is 9.59 Å². The molecule has 1 amide bonds. The van der Waals surface area contributed by atoms with Crippen LogP contribution in [-0.4, -0.2) is 41.0 Å². The van der Waals surface area contributed by atoms with E-state index in [9.17, 15) is 9.59 Å². The molecule has 0 bridgehead atoms. The average molecular weight is 344 g/mol. The molecule has 0 radical (unpaired) electrons. The van der Waals surface area contributed by atoms with Crippen LogP contribution in [0.1, 0.15) is 37.2 Å². The molecule has 0 aromatic carbocycles. The van der Waals surface area contributed by atoms with Gasteiger partial charge < -0.3 is 18.6 Å². The third kappa shape index (κ3) is 3.48. The maximum atomic E-state index is 13.0. The molecule has 2 aromatic heterocycles. The normalized spacial score (nSPS) is 16.0. The van der Waals surface area contributed by atoms with Gasteiger partial charge in [-0.25, -0.2) is 0 Å². The van der Waals surface area contributed by atoms with Crippen LogP contribution in [0.2, 0.25) is 0 Å². The zero-order chi connectivity index (χ0) is 17.8. The van der Waals surface area contributed by atoms with E-state index in [0.29, 0.717) is 50.4 Å². The summed E-state index contributed by atoms with van der Waals surface area (Å²) in [7, 11) is 0. The number of carbonyl (C=O) groups excluding carboxylic acids is 2. The summed E-state index contributed by atoms with van der Waals surface area (Å²) in [6.45, 7) is 5.93. The lowest BCUT2D eigenvalue weighted by Crippen LogP contribution is -2.41. The van der Waals surface area contributed by atoms with Crippen molar-refractivity contribution in [2.75, 3.05) is 19.7 Å². The summed E-state index contributed by atoms with van der Waals surface area (Å²) < 4.78 is 12.5. The number of hydrogen-bond acceptors (Lipinski definition) is 4. The molecule has 1 aliphatic rings. The number of carbonyl (C=O) groups is 2. The number of esters is 1. The molecule has 1 saturated heterocycles. The fourth-order valence-corrected chi connectivity index (χ4v) is 3.30. The number of hydrogen-bond donors (Lipinski definition) is 0. The van der Waals surface area contributed by atoms with Crippen molar-refractivity contribution in [3.05, 3.63) is 36.2 Å². The van der Waals surface area contributed by atoms with Gasteiger partial charge in [0.1, 0.15) is 5.69 Å². The monoisotopic (exact) mass is 344 g/mol. The zero-order valence-electron chi connectivity index (χ0n) is 14.7. The minimum atomic E-state index is -0.149. The van der Waals surface area contributed by atoms with Crippen molar-refractivity contribution in [1.29, 1.82) is 0 Å². The Bertz CT molecular complexity index is 779. The fourth-order valence-electron chi connectivity index (χ4n) is 3.30. The molecule has 134 valence electrons. The number of ether oxygens (including phenoxy) is 1. The van der Waals surface area contributed by atoms with Gasteiger partial charge in [-0.2, -0.15) is 0 Å². The van der Waals surface area contributed by atoms with Crippen LogP contribution in [0.3, 0.4) is 0 Å². The van der Waals surface area contributed by atoms with E-state index in [1.165, 1.54) is 0 Å². The highest BCUT2D eigenvalue weighted by Crippen LogP contribution is 2.25. The maximum Gasteiger partial charge on any atom is 0.309 e. The third-order valence-corrected chi connectivity index (χ3v) is 4.67. The third-order valence-electron chi connectivity index (χ3n) is 4.67. The molecule has 1 fully saturated rings. The van der Waals surface area contributed by atoms with Crippen LogP contribution < -0.4 is 0 Å². The van der Waals surface area contributed by atoms with Crippen molar-refractivity contribution < 1.29 is 18.7 Å². The molecule has 0 N–H and O–H groups in total. The highest BCUT2D eigenvalue weighted by Gasteiger charge is 2.30. The van der Waals surface area contributed by atoms with Gasteiger partial charge in [0.15, 0.2) is 5.58 Å². The van der Waals surface area contributed by atoms with Gasteiger partial charge in [-0.15, -0.1) is 0 Å². The van der Waals surface area contributed by atoms with E-state index in [1.807, 2.05) is 41.5 Å². The SMILES string of the molecule is C/C=C\Cn1c(C(=O)N2CCC(C(=O)OCC)CC2)cc2occc21. The number of likely N-dealkylation sites (tertiary alicyclic amines) is 1. The topological polar surface area (TPSA) is 64.7 Å². The quantitative estimate of drug-likeness (QED) is 0.617. The van der Waals surface area contributed by atoms with E-state index < -0.39 is 0 Å². The van der Waals surface area contributed by atoms with Crippen molar-refractivity contribution in [2.24, 2.45) is 5.92 Å². The smallest absolute Gasteiger partial charge is 0.309 e. The van der Waals surface area contributed by atoms with Crippen LogP contribution in [0.15, 0.2) is 35.0 Å². The zero-order valence-corrected chi connectivity index (χ0v) is 14.7. The molecule has 3 heterocycles. The van der Waals surface area contributed by atoms with E-state index >= 15 is 0 Å². The Morgan fingerprint density at radius 3 is 2.80 bits per heavy atom. The molecule has 2 aromatic rings. The predicted octanol–water partition coefficient (Wildman–Crippen LogP) is 3.23. The number of fused-ring (bicyclic) bond motifs is 1. The highest BCUT2D eigenvalue weighted by atomic mass is 16.5. The molecule has 6 nitrogen and oxygen atoms in total. The summed E-state index contributed by atoms with van der Waals surface area (Å²) in [5, 5.41) is 0. The summed E-state index contributed by atoms with van der Waals surface area (Å²) >= 11 is 0. The van der Waals surface area contributed by atoms with Crippen molar-refractivity contribution >= 4 is 23.0 Å². The van der Waals surface area contributed by atoms with Crippen LogP contribution in [0.5, 0.6) is 0 Å². The Labute approximate surface area is 147 Å². The first-order valence-corrected chi connectivity index (χ1v) is 8.79. The Hall–Kier alpha value is -2.50. The molecular formula is C19H24N2O4. The lowest BCUT2D eigenvalue weighted by molar-refractivity contribution is -0.149. The first-order chi connectivity index (χ1) is 12.2. The molecule has 3 rings (SSSR count). The predicted molar refractivity (Wildman–Crippen MR) is 94.3 cm³/mol. The van der Waals surface area contributed by atoms with E-state index in [0.717, 1.165) is 5.52 Å². The van der Waals surface area contributed by atoms with Gasteiger partial charge in [0, 0.05) is 31.8 Å². The van der Waals surface area contributed by atoms with Crippen molar-refractivity contribution in [1.82, 2.24) is 9.47 Å². The Morgan fingerprint density at radius 2 is 2.12 bits per heavy atom. The van der Waals surface area contributed by atoms with Crippen molar-refractivity contribution in [3.8, 4) is 0 Å². The molecule has 25 heavy (non-hydrogen) atoms. The molecule has 6 heteroatoms. The first kappa shape index (κ1) is 17.3. The van der Waals surface area contributed by atoms with Gasteiger partial charge in [0.25, 0.3) is 5.91 Å². The number of allylic oxidation sites excluding steroid dienone is 2. The van der Waals surface area contributed by atoms with Crippen molar-refractivity contribution in [3.63, 3.8) is 0 Å². The number of piperidine rings is 1.